The Balaban J connectivity index is 2.40. The lowest BCUT2D eigenvalue weighted by Gasteiger charge is -2.30. The van der Waals surface area contributed by atoms with Gasteiger partial charge in [-0.3, -0.25) is 4.79 Å². The van der Waals surface area contributed by atoms with Crippen molar-refractivity contribution in [3.63, 3.8) is 0 Å². The molecule has 0 radical (unpaired) electrons. The molecule has 3 atom stereocenters. The quantitative estimate of drug-likeness (QED) is 0.728. The Hall–Kier alpha value is -0.370. The number of hydrogen-bond acceptors (Lipinski definition) is 2. The molecule has 1 fully saturated rings. The summed E-state index contributed by atoms with van der Waals surface area (Å²) in [7, 11) is 0. The molecule has 0 spiro atoms. The third kappa shape index (κ3) is 2.80. The summed E-state index contributed by atoms with van der Waals surface area (Å²) in [5.74, 6) is 1.31. The van der Waals surface area contributed by atoms with Crippen molar-refractivity contribution >= 4 is 5.78 Å². The first-order valence-corrected chi connectivity index (χ1v) is 5.43. The van der Waals surface area contributed by atoms with Gasteiger partial charge in [-0.25, -0.2) is 0 Å². The van der Waals surface area contributed by atoms with E-state index in [0.717, 1.165) is 32.1 Å². The van der Waals surface area contributed by atoms with Crippen molar-refractivity contribution in [3.05, 3.63) is 0 Å². The first-order valence-electron chi connectivity index (χ1n) is 5.43. The number of nitrogens with two attached hydrogens (primary N) is 1. The van der Waals surface area contributed by atoms with E-state index in [0.29, 0.717) is 11.7 Å². The Labute approximate surface area is 80.9 Å². The molecular formula is C11H21NO. The van der Waals surface area contributed by atoms with Crippen LogP contribution < -0.4 is 5.73 Å². The molecule has 0 saturated heterocycles. The lowest BCUT2D eigenvalue weighted by Crippen LogP contribution is -2.37. The van der Waals surface area contributed by atoms with Gasteiger partial charge in [0.1, 0.15) is 5.78 Å². The minimum atomic E-state index is 0.250. The van der Waals surface area contributed by atoms with Crippen LogP contribution in [0.15, 0.2) is 0 Å². The summed E-state index contributed by atoms with van der Waals surface area (Å²) in [6, 6.07) is 0.250. The monoisotopic (exact) mass is 183 g/mol. The smallest absolute Gasteiger partial charge is 0.136 e. The SMILES string of the molecule is CCCC(=O)C1CCC(C)[C@H](N)C1. The number of rotatable bonds is 3. The first kappa shape index (κ1) is 10.7. The minimum Gasteiger partial charge on any atom is -0.327 e. The Morgan fingerprint density at radius 3 is 2.69 bits per heavy atom. The van der Waals surface area contributed by atoms with Crippen LogP contribution in [0.25, 0.3) is 0 Å². The van der Waals surface area contributed by atoms with E-state index in [4.69, 9.17) is 5.73 Å². The predicted molar refractivity (Wildman–Crippen MR) is 54.4 cm³/mol. The lowest BCUT2D eigenvalue weighted by molar-refractivity contribution is -0.124. The van der Waals surface area contributed by atoms with E-state index in [-0.39, 0.29) is 12.0 Å². The Morgan fingerprint density at radius 1 is 1.46 bits per heavy atom. The van der Waals surface area contributed by atoms with Crippen molar-refractivity contribution in [1.29, 1.82) is 0 Å². The molecule has 13 heavy (non-hydrogen) atoms. The average molecular weight is 183 g/mol. The fourth-order valence-electron chi connectivity index (χ4n) is 2.10. The van der Waals surface area contributed by atoms with Gasteiger partial charge in [0.05, 0.1) is 0 Å². The van der Waals surface area contributed by atoms with Crippen LogP contribution >= 0.6 is 0 Å². The van der Waals surface area contributed by atoms with E-state index >= 15 is 0 Å². The van der Waals surface area contributed by atoms with Crippen molar-refractivity contribution in [2.24, 2.45) is 17.6 Å². The highest BCUT2D eigenvalue weighted by Crippen LogP contribution is 2.29. The molecule has 0 amide bonds. The highest BCUT2D eigenvalue weighted by Gasteiger charge is 2.28. The second-order valence-corrected chi connectivity index (χ2v) is 4.37. The maximum atomic E-state index is 11.6. The molecule has 0 aliphatic heterocycles. The summed E-state index contributed by atoms with van der Waals surface area (Å²) in [6.07, 6.45) is 4.82. The van der Waals surface area contributed by atoms with E-state index in [2.05, 4.69) is 13.8 Å². The van der Waals surface area contributed by atoms with Gasteiger partial charge in [-0.2, -0.15) is 0 Å². The normalized spacial score (nSPS) is 34.5. The molecule has 0 heterocycles. The summed E-state index contributed by atoms with van der Waals surface area (Å²) in [5.41, 5.74) is 5.95. The average Bonchev–Trinajstić information content (AvgIpc) is 2.10. The predicted octanol–water partition coefficient (Wildman–Crippen LogP) is 2.12. The van der Waals surface area contributed by atoms with Crippen LogP contribution in [0.2, 0.25) is 0 Å². The molecule has 0 aromatic rings. The van der Waals surface area contributed by atoms with Gasteiger partial charge < -0.3 is 5.73 Å². The zero-order valence-electron chi connectivity index (χ0n) is 8.75. The lowest BCUT2D eigenvalue weighted by atomic mass is 9.77. The van der Waals surface area contributed by atoms with Crippen molar-refractivity contribution < 1.29 is 4.79 Å². The highest BCUT2D eigenvalue weighted by atomic mass is 16.1. The number of ketones is 1. The number of carbonyl (C=O) groups is 1. The molecule has 2 N–H and O–H groups in total. The van der Waals surface area contributed by atoms with Crippen molar-refractivity contribution in [3.8, 4) is 0 Å². The summed E-state index contributed by atoms with van der Waals surface area (Å²) in [5, 5.41) is 0. The summed E-state index contributed by atoms with van der Waals surface area (Å²) in [6.45, 7) is 4.24. The molecule has 2 heteroatoms. The van der Waals surface area contributed by atoms with Crippen molar-refractivity contribution in [2.45, 2.75) is 52.0 Å². The summed E-state index contributed by atoms with van der Waals surface area (Å²) in [4.78, 5) is 11.6. The van der Waals surface area contributed by atoms with Crippen LogP contribution in [0.5, 0.6) is 0 Å². The molecule has 76 valence electrons. The van der Waals surface area contributed by atoms with Crippen LogP contribution in [-0.2, 0) is 4.79 Å². The highest BCUT2D eigenvalue weighted by molar-refractivity contribution is 5.81. The fourth-order valence-corrected chi connectivity index (χ4v) is 2.10. The minimum absolute atomic E-state index is 0.250. The van der Waals surface area contributed by atoms with Gasteiger partial charge >= 0.3 is 0 Å². The van der Waals surface area contributed by atoms with E-state index in [1.807, 2.05) is 0 Å². The Morgan fingerprint density at radius 2 is 2.15 bits per heavy atom. The van der Waals surface area contributed by atoms with Gasteiger partial charge in [0.15, 0.2) is 0 Å². The molecule has 2 nitrogen and oxygen atoms in total. The molecule has 0 aromatic heterocycles. The van der Waals surface area contributed by atoms with Gasteiger partial charge in [-0.15, -0.1) is 0 Å². The van der Waals surface area contributed by atoms with Gasteiger partial charge in [0.2, 0.25) is 0 Å². The largest absolute Gasteiger partial charge is 0.327 e. The van der Waals surface area contributed by atoms with Crippen LogP contribution in [0.1, 0.15) is 46.0 Å². The molecule has 2 unspecified atom stereocenters. The number of carbonyl (C=O) groups excluding carboxylic acids is 1. The van der Waals surface area contributed by atoms with E-state index in [1.54, 1.807) is 0 Å². The van der Waals surface area contributed by atoms with Gasteiger partial charge in [0, 0.05) is 18.4 Å². The number of hydrogen-bond donors (Lipinski definition) is 1. The van der Waals surface area contributed by atoms with Crippen LogP contribution in [-0.4, -0.2) is 11.8 Å². The fraction of sp³-hybridized carbons (Fsp3) is 0.909. The standard InChI is InChI=1S/C11H21NO/c1-3-4-11(13)9-6-5-8(2)10(12)7-9/h8-10H,3-7,12H2,1-2H3/t8?,9?,10-/m1/s1. The van der Waals surface area contributed by atoms with Gasteiger partial charge in [-0.05, 0) is 31.6 Å². The van der Waals surface area contributed by atoms with Crippen LogP contribution in [0.4, 0.5) is 0 Å². The second kappa shape index (κ2) is 4.75. The summed E-state index contributed by atoms with van der Waals surface area (Å²) >= 11 is 0. The van der Waals surface area contributed by atoms with E-state index in [9.17, 15) is 4.79 Å². The molecule has 0 bridgehead atoms. The zero-order chi connectivity index (χ0) is 9.84. The first-order chi connectivity index (χ1) is 6.15. The third-order valence-electron chi connectivity index (χ3n) is 3.21. The molecule has 0 aromatic carbocycles. The maximum Gasteiger partial charge on any atom is 0.136 e. The van der Waals surface area contributed by atoms with Crippen LogP contribution in [0.3, 0.4) is 0 Å². The number of Topliss-reactive ketones (excluding diaryl/α,β-unsaturated/α-hetero) is 1. The molecule has 1 rings (SSSR count). The molecule has 1 aliphatic carbocycles. The molecule has 1 saturated carbocycles. The molecular weight excluding hydrogens is 162 g/mol. The van der Waals surface area contributed by atoms with Crippen molar-refractivity contribution in [1.82, 2.24) is 0 Å². The Kier molecular flexibility index (Phi) is 3.91. The summed E-state index contributed by atoms with van der Waals surface area (Å²) < 4.78 is 0. The molecule has 1 aliphatic rings. The van der Waals surface area contributed by atoms with Gasteiger partial charge in [0.25, 0.3) is 0 Å². The third-order valence-corrected chi connectivity index (χ3v) is 3.21. The van der Waals surface area contributed by atoms with E-state index < -0.39 is 0 Å². The van der Waals surface area contributed by atoms with Gasteiger partial charge in [-0.1, -0.05) is 13.8 Å². The maximum absolute atomic E-state index is 11.6. The van der Waals surface area contributed by atoms with Crippen LogP contribution in [0, 0.1) is 11.8 Å². The second-order valence-electron chi connectivity index (χ2n) is 4.37. The van der Waals surface area contributed by atoms with Crippen molar-refractivity contribution in [2.75, 3.05) is 0 Å². The van der Waals surface area contributed by atoms with E-state index in [1.165, 1.54) is 0 Å². The zero-order valence-corrected chi connectivity index (χ0v) is 8.75. The topological polar surface area (TPSA) is 43.1 Å². The Bertz CT molecular complexity index is 179.